The van der Waals surface area contributed by atoms with E-state index in [0.717, 1.165) is 10.6 Å². The van der Waals surface area contributed by atoms with E-state index in [2.05, 4.69) is 0 Å². The van der Waals surface area contributed by atoms with Crippen LogP contribution in [-0.4, -0.2) is 50.5 Å². The van der Waals surface area contributed by atoms with Crippen molar-refractivity contribution in [3.63, 3.8) is 0 Å². The van der Waals surface area contributed by atoms with Crippen molar-refractivity contribution in [3.8, 4) is 0 Å². The molecule has 7 nitrogen and oxygen atoms in total. The van der Waals surface area contributed by atoms with E-state index in [-0.39, 0.29) is 17.7 Å². The van der Waals surface area contributed by atoms with Gasteiger partial charge >= 0.3 is 0 Å². The number of hydrogen-bond donors (Lipinski definition) is 1. The zero-order valence-electron chi connectivity index (χ0n) is 15.8. The molecule has 0 aromatic heterocycles. The van der Waals surface area contributed by atoms with Gasteiger partial charge in [-0.15, -0.1) is 0 Å². The summed E-state index contributed by atoms with van der Waals surface area (Å²) in [6, 6.07) is 4.10. The number of likely N-dealkylation sites (tertiary alicyclic amines) is 1. The molecule has 1 aliphatic rings. The van der Waals surface area contributed by atoms with Crippen LogP contribution in [0.3, 0.4) is 0 Å². The van der Waals surface area contributed by atoms with E-state index < -0.39 is 16.1 Å². The summed E-state index contributed by atoms with van der Waals surface area (Å²) in [6.07, 6.45) is 2.38. The highest BCUT2D eigenvalue weighted by Crippen LogP contribution is 2.30. The van der Waals surface area contributed by atoms with Gasteiger partial charge in [-0.05, 0) is 43.9 Å². The van der Waals surface area contributed by atoms with Crippen molar-refractivity contribution in [1.29, 1.82) is 0 Å². The SMILES string of the molecule is CC[C@H](C(=O)N1CCC(C(N)=O)CC1)N(c1cc(Cl)ccc1C)S(C)(=O)=O. The monoisotopic (exact) mass is 415 g/mol. The van der Waals surface area contributed by atoms with Gasteiger partial charge in [0.25, 0.3) is 0 Å². The summed E-state index contributed by atoms with van der Waals surface area (Å²) in [4.78, 5) is 26.1. The Morgan fingerprint density at radius 2 is 1.93 bits per heavy atom. The van der Waals surface area contributed by atoms with E-state index in [9.17, 15) is 18.0 Å². The van der Waals surface area contributed by atoms with Crippen molar-refractivity contribution in [2.24, 2.45) is 11.7 Å². The molecule has 150 valence electrons. The summed E-state index contributed by atoms with van der Waals surface area (Å²) in [5.41, 5.74) is 6.46. The molecule has 1 fully saturated rings. The van der Waals surface area contributed by atoms with Crippen molar-refractivity contribution in [2.75, 3.05) is 23.7 Å². The van der Waals surface area contributed by atoms with Crippen LogP contribution in [-0.2, 0) is 19.6 Å². The summed E-state index contributed by atoms with van der Waals surface area (Å²) in [5.74, 6) is -0.873. The summed E-state index contributed by atoms with van der Waals surface area (Å²) < 4.78 is 26.3. The van der Waals surface area contributed by atoms with Gasteiger partial charge in [-0.2, -0.15) is 0 Å². The number of anilines is 1. The summed E-state index contributed by atoms with van der Waals surface area (Å²) in [6.45, 7) is 4.32. The van der Waals surface area contributed by atoms with E-state index in [1.54, 1.807) is 36.9 Å². The van der Waals surface area contributed by atoms with E-state index in [1.165, 1.54) is 0 Å². The van der Waals surface area contributed by atoms with Crippen molar-refractivity contribution in [3.05, 3.63) is 28.8 Å². The lowest BCUT2D eigenvalue weighted by molar-refractivity contribution is -0.135. The van der Waals surface area contributed by atoms with Gasteiger partial charge in [-0.1, -0.05) is 24.6 Å². The molecule has 0 spiro atoms. The minimum absolute atomic E-state index is 0.240. The van der Waals surface area contributed by atoms with Gasteiger partial charge in [0.15, 0.2) is 0 Å². The van der Waals surface area contributed by atoms with E-state index >= 15 is 0 Å². The van der Waals surface area contributed by atoms with Crippen LogP contribution in [0.25, 0.3) is 0 Å². The van der Waals surface area contributed by atoms with Gasteiger partial charge in [0, 0.05) is 24.0 Å². The fourth-order valence-electron chi connectivity index (χ4n) is 3.43. The van der Waals surface area contributed by atoms with Crippen LogP contribution in [0, 0.1) is 12.8 Å². The number of carbonyl (C=O) groups is 2. The minimum atomic E-state index is -3.72. The molecule has 1 atom stereocenters. The molecular formula is C18H26ClN3O4S. The second-order valence-corrected chi connectivity index (χ2v) is 9.21. The maximum atomic E-state index is 13.1. The lowest BCUT2D eigenvalue weighted by Gasteiger charge is -2.37. The number of nitrogens with zero attached hydrogens (tertiary/aromatic N) is 2. The molecule has 0 bridgehead atoms. The lowest BCUT2D eigenvalue weighted by Crippen LogP contribution is -2.53. The molecule has 0 unspecified atom stereocenters. The zero-order valence-corrected chi connectivity index (χ0v) is 17.4. The highest BCUT2D eigenvalue weighted by molar-refractivity contribution is 7.92. The molecule has 1 heterocycles. The maximum Gasteiger partial charge on any atom is 0.246 e. The van der Waals surface area contributed by atoms with Crippen LogP contribution in [0.4, 0.5) is 5.69 Å². The topological polar surface area (TPSA) is 101 Å². The number of nitrogens with two attached hydrogens (primary N) is 1. The van der Waals surface area contributed by atoms with Crippen LogP contribution in [0.1, 0.15) is 31.7 Å². The number of benzene rings is 1. The molecule has 0 radical (unpaired) electrons. The van der Waals surface area contributed by atoms with Gasteiger partial charge in [0.1, 0.15) is 6.04 Å². The number of carbonyl (C=O) groups excluding carboxylic acids is 2. The number of rotatable bonds is 6. The molecule has 2 amide bonds. The Kier molecular flexibility index (Phi) is 6.75. The summed E-state index contributed by atoms with van der Waals surface area (Å²) >= 11 is 6.07. The molecule has 1 saturated heterocycles. The van der Waals surface area contributed by atoms with Crippen LogP contribution < -0.4 is 10.0 Å². The molecule has 0 aliphatic carbocycles. The van der Waals surface area contributed by atoms with E-state index in [0.29, 0.717) is 48.6 Å². The molecule has 1 aliphatic heterocycles. The first-order valence-corrected chi connectivity index (χ1v) is 11.1. The quantitative estimate of drug-likeness (QED) is 0.766. The van der Waals surface area contributed by atoms with Crippen LogP contribution in [0.15, 0.2) is 18.2 Å². The predicted molar refractivity (Wildman–Crippen MR) is 106 cm³/mol. The average Bonchev–Trinajstić information content (AvgIpc) is 2.60. The Hall–Kier alpha value is -1.80. The third kappa shape index (κ3) is 4.93. The Balaban J connectivity index is 2.35. The first-order chi connectivity index (χ1) is 12.6. The Morgan fingerprint density at radius 1 is 1.33 bits per heavy atom. The van der Waals surface area contributed by atoms with E-state index in [1.807, 2.05) is 0 Å². The summed E-state index contributed by atoms with van der Waals surface area (Å²) in [5, 5.41) is 0.397. The summed E-state index contributed by atoms with van der Waals surface area (Å²) in [7, 11) is -3.72. The number of sulfonamides is 1. The number of primary amides is 1. The zero-order chi connectivity index (χ0) is 20.4. The van der Waals surface area contributed by atoms with Gasteiger partial charge in [-0.25, -0.2) is 8.42 Å². The Morgan fingerprint density at radius 3 is 2.41 bits per heavy atom. The third-order valence-electron chi connectivity index (χ3n) is 4.93. The first kappa shape index (κ1) is 21.5. The van der Waals surface area contributed by atoms with Gasteiger partial charge in [0.05, 0.1) is 11.9 Å². The number of aryl methyl sites for hydroxylation is 1. The molecule has 2 rings (SSSR count). The Labute approximate surface area is 165 Å². The van der Waals surface area contributed by atoms with Crippen LogP contribution in [0.5, 0.6) is 0 Å². The predicted octanol–water partition coefficient (Wildman–Crippen LogP) is 1.92. The average molecular weight is 416 g/mol. The first-order valence-electron chi connectivity index (χ1n) is 8.90. The Bertz CT molecular complexity index is 820. The number of hydrogen-bond acceptors (Lipinski definition) is 4. The highest BCUT2D eigenvalue weighted by Gasteiger charge is 2.36. The fraction of sp³-hybridized carbons (Fsp3) is 0.556. The molecule has 0 saturated carbocycles. The lowest BCUT2D eigenvalue weighted by atomic mass is 9.95. The molecule has 27 heavy (non-hydrogen) atoms. The van der Waals surface area contributed by atoms with Gasteiger partial charge in [0.2, 0.25) is 21.8 Å². The number of piperidine rings is 1. The number of halogens is 1. The second kappa shape index (κ2) is 8.48. The van der Waals surface area contributed by atoms with Crippen LogP contribution >= 0.6 is 11.6 Å². The highest BCUT2D eigenvalue weighted by atomic mass is 35.5. The third-order valence-corrected chi connectivity index (χ3v) is 6.33. The molecule has 1 aromatic carbocycles. The van der Waals surface area contributed by atoms with Crippen LogP contribution in [0.2, 0.25) is 5.02 Å². The minimum Gasteiger partial charge on any atom is -0.369 e. The largest absolute Gasteiger partial charge is 0.369 e. The fourth-order valence-corrected chi connectivity index (χ4v) is 4.86. The smallest absolute Gasteiger partial charge is 0.246 e. The molecular weight excluding hydrogens is 390 g/mol. The van der Waals surface area contributed by atoms with Gasteiger partial charge < -0.3 is 10.6 Å². The van der Waals surface area contributed by atoms with Crippen molar-refractivity contribution >= 4 is 39.1 Å². The number of amides is 2. The van der Waals surface area contributed by atoms with Gasteiger partial charge in [-0.3, -0.25) is 13.9 Å². The van der Waals surface area contributed by atoms with Crippen molar-refractivity contribution in [2.45, 2.75) is 39.2 Å². The van der Waals surface area contributed by atoms with E-state index in [4.69, 9.17) is 17.3 Å². The molecule has 2 N–H and O–H groups in total. The second-order valence-electron chi connectivity index (χ2n) is 6.92. The maximum absolute atomic E-state index is 13.1. The standard InChI is InChI=1S/C18H26ClN3O4S/c1-4-15(18(24)21-9-7-13(8-10-21)17(20)23)22(27(3,25)26)16-11-14(19)6-5-12(16)2/h5-6,11,13,15H,4,7-10H2,1-3H3,(H2,20,23)/t15-/m1/s1. The normalized spacial score (nSPS) is 16.8. The molecule has 9 heteroatoms. The van der Waals surface area contributed by atoms with Crippen molar-refractivity contribution < 1.29 is 18.0 Å². The van der Waals surface area contributed by atoms with Crippen molar-refractivity contribution in [1.82, 2.24) is 4.90 Å². The molecule has 1 aromatic rings.